The van der Waals surface area contributed by atoms with Crippen molar-refractivity contribution in [2.24, 2.45) is 0 Å². The number of fused-ring (bicyclic) bond motifs is 1. The second-order valence-electron chi connectivity index (χ2n) is 6.71. The van der Waals surface area contributed by atoms with Gasteiger partial charge in [-0.25, -0.2) is 0 Å². The summed E-state index contributed by atoms with van der Waals surface area (Å²) in [5.74, 6) is 0.623. The zero-order chi connectivity index (χ0) is 18.1. The molecule has 0 saturated carbocycles. The molecule has 1 saturated heterocycles. The predicted octanol–water partition coefficient (Wildman–Crippen LogP) is 4.13. The van der Waals surface area contributed by atoms with Crippen LogP contribution in [0.3, 0.4) is 0 Å². The van der Waals surface area contributed by atoms with Crippen molar-refractivity contribution in [3.05, 3.63) is 47.5 Å². The number of rotatable bonds is 3. The Morgan fingerprint density at radius 1 is 1.15 bits per heavy atom. The van der Waals surface area contributed by atoms with Gasteiger partial charge in [-0.1, -0.05) is 29.8 Å². The van der Waals surface area contributed by atoms with Crippen LogP contribution in [0.5, 0.6) is 11.6 Å². The van der Waals surface area contributed by atoms with Crippen LogP contribution in [0.15, 0.2) is 42.5 Å². The molecule has 1 N–H and O–H groups in total. The number of aromatic hydroxyl groups is 1. The van der Waals surface area contributed by atoms with Gasteiger partial charge in [0.15, 0.2) is 0 Å². The number of ether oxygens (including phenoxy) is 1. The van der Waals surface area contributed by atoms with E-state index in [0.29, 0.717) is 22.2 Å². The van der Waals surface area contributed by atoms with Gasteiger partial charge < -0.3 is 14.7 Å². The van der Waals surface area contributed by atoms with Crippen LogP contribution in [0.25, 0.3) is 22.0 Å². The van der Waals surface area contributed by atoms with Gasteiger partial charge in [-0.05, 0) is 50.7 Å². The van der Waals surface area contributed by atoms with Crippen LogP contribution in [0, 0.1) is 0 Å². The van der Waals surface area contributed by atoms with Crippen LogP contribution >= 0.6 is 11.6 Å². The Morgan fingerprint density at radius 2 is 1.96 bits per heavy atom. The summed E-state index contributed by atoms with van der Waals surface area (Å²) in [4.78, 5) is 2.27. The van der Waals surface area contributed by atoms with E-state index in [2.05, 4.69) is 22.1 Å². The third-order valence-electron chi connectivity index (χ3n) is 4.73. The van der Waals surface area contributed by atoms with Gasteiger partial charge in [0, 0.05) is 27.9 Å². The summed E-state index contributed by atoms with van der Waals surface area (Å²) in [5.41, 5.74) is 1.21. The molecule has 1 aromatic heterocycles. The molecule has 2 aromatic carbocycles. The zero-order valence-electron chi connectivity index (χ0n) is 14.5. The fourth-order valence-corrected chi connectivity index (χ4v) is 3.61. The molecule has 3 aromatic rings. The number of aromatic nitrogens is 2. The van der Waals surface area contributed by atoms with Crippen LogP contribution in [0.4, 0.5) is 0 Å². The van der Waals surface area contributed by atoms with Crippen molar-refractivity contribution in [3.8, 4) is 22.9 Å². The first-order valence-electron chi connectivity index (χ1n) is 8.71. The van der Waals surface area contributed by atoms with E-state index < -0.39 is 0 Å². The lowest BCUT2D eigenvalue weighted by Gasteiger charge is -2.29. The quantitative estimate of drug-likeness (QED) is 0.752. The monoisotopic (exact) mass is 369 g/mol. The minimum absolute atomic E-state index is 0.0829. The molecular weight excluding hydrogens is 350 g/mol. The van der Waals surface area contributed by atoms with Gasteiger partial charge in [0.05, 0.1) is 0 Å². The van der Waals surface area contributed by atoms with Crippen LogP contribution in [0.1, 0.15) is 12.8 Å². The van der Waals surface area contributed by atoms with Crippen LogP contribution in [0.2, 0.25) is 5.02 Å². The van der Waals surface area contributed by atoms with Crippen molar-refractivity contribution in [2.75, 3.05) is 20.1 Å². The second kappa shape index (κ2) is 7.09. The molecule has 5 nitrogen and oxygen atoms in total. The number of likely N-dealkylation sites (N-methyl/N-ethyl adjacent to an activating group) is 1. The maximum Gasteiger partial charge on any atom is 0.241 e. The topological polar surface area (TPSA) is 58.5 Å². The summed E-state index contributed by atoms with van der Waals surface area (Å²) in [6.07, 6.45) is 2.24. The molecule has 0 radical (unpaired) electrons. The number of benzene rings is 2. The van der Waals surface area contributed by atoms with Crippen molar-refractivity contribution in [1.82, 2.24) is 15.1 Å². The van der Waals surface area contributed by atoms with Gasteiger partial charge in [-0.3, -0.25) is 0 Å². The predicted molar refractivity (Wildman–Crippen MR) is 103 cm³/mol. The van der Waals surface area contributed by atoms with E-state index in [1.54, 1.807) is 12.1 Å². The SMILES string of the molecule is CN1CCCC(Oc2nnc(-c3ccc(Cl)cc3O)c3ccccc23)C1. The summed E-state index contributed by atoms with van der Waals surface area (Å²) in [5, 5.41) is 21.2. The average molecular weight is 370 g/mol. The Labute approximate surface area is 157 Å². The Balaban J connectivity index is 1.76. The number of hydrogen-bond acceptors (Lipinski definition) is 5. The van der Waals surface area contributed by atoms with E-state index in [1.165, 1.54) is 6.07 Å². The normalized spacial score (nSPS) is 18.2. The summed E-state index contributed by atoms with van der Waals surface area (Å²) in [7, 11) is 2.10. The molecule has 0 aliphatic carbocycles. The summed E-state index contributed by atoms with van der Waals surface area (Å²) >= 11 is 5.95. The Hall–Kier alpha value is -2.37. The molecule has 1 aliphatic rings. The van der Waals surface area contributed by atoms with Gasteiger partial charge in [0.25, 0.3) is 0 Å². The Bertz CT molecular complexity index is 947. The standard InChI is InChI=1S/C20H20ClN3O2/c1-24-10-4-5-14(12-24)26-20-16-7-3-2-6-15(16)19(22-23-20)17-9-8-13(21)11-18(17)25/h2-3,6-9,11,14,25H,4-5,10,12H2,1H3. The number of hydrogen-bond donors (Lipinski definition) is 1. The highest BCUT2D eigenvalue weighted by atomic mass is 35.5. The number of likely N-dealkylation sites (tertiary alicyclic amines) is 1. The van der Waals surface area contributed by atoms with Gasteiger partial charge >= 0.3 is 0 Å². The van der Waals surface area contributed by atoms with Crippen molar-refractivity contribution in [2.45, 2.75) is 18.9 Å². The van der Waals surface area contributed by atoms with Crippen molar-refractivity contribution in [3.63, 3.8) is 0 Å². The maximum absolute atomic E-state index is 10.3. The number of halogens is 1. The van der Waals surface area contributed by atoms with E-state index in [1.807, 2.05) is 24.3 Å². The fraction of sp³-hybridized carbons (Fsp3) is 0.300. The van der Waals surface area contributed by atoms with Crippen molar-refractivity contribution >= 4 is 22.4 Å². The molecule has 1 atom stereocenters. The minimum atomic E-state index is 0.0829. The average Bonchev–Trinajstić information content (AvgIpc) is 2.63. The van der Waals surface area contributed by atoms with Crippen molar-refractivity contribution < 1.29 is 9.84 Å². The van der Waals surface area contributed by atoms with Gasteiger partial charge in [-0.15, -0.1) is 10.2 Å². The first-order valence-corrected chi connectivity index (χ1v) is 9.09. The first kappa shape index (κ1) is 17.1. The van der Waals surface area contributed by atoms with Crippen LogP contribution in [-0.4, -0.2) is 46.4 Å². The van der Waals surface area contributed by atoms with E-state index in [4.69, 9.17) is 16.3 Å². The molecule has 134 valence electrons. The number of nitrogens with zero attached hydrogens (tertiary/aromatic N) is 3. The molecule has 0 bridgehead atoms. The number of piperidine rings is 1. The molecule has 4 rings (SSSR count). The van der Waals surface area contributed by atoms with E-state index in [-0.39, 0.29) is 11.9 Å². The molecule has 2 heterocycles. The minimum Gasteiger partial charge on any atom is -0.507 e. The Morgan fingerprint density at radius 3 is 2.73 bits per heavy atom. The Kier molecular flexibility index (Phi) is 4.66. The highest BCUT2D eigenvalue weighted by Crippen LogP contribution is 2.36. The summed E-state index contributed by atoms with van der Waals surface area (Å²) in [6, 6.07) is 12.8. The number of phenolic OH excluding ortho intramolecular Hbond substituents is 1. The van der Waals surface area contributed by atoms with Crippen molar-refractivity contribution in [1.29, 1.82) is 0 Å². The molecule has 26 heavy (non-hydrogen) atoms. The third-order valence-corrected chi connectivity index (χ3v) is 4.96. The molecule has 0 spiro atoms. The smallest absolute Gasteiger partial charge is 0.241 e. The molecule has 1 fully saturated rings. The zero-order valence-corrected chi connectivity index (χ0v) is 15.3. The molecule has 6 heteroatoms. The van der Waals surface area contributed by atoms with E-state index >= 15 is 0 Å². The first-order chi connectivity index (χ1) is 12.6. The van der Waals surface area contributed by atoms with E-state index in [9.17, 15) is 5.11 Å². The molecule has 0 amide bonds. The summed E-state index contributed by atoms with van der Waals surface area (Å²) in [6.45, 7) is 1.98. The van der Waals surface area contributed by atoms with Crippen LogP contribution < -0.4 is 4.74 Å². The molecule has 1 aliphatic heterocycles. The lowest BCUT2D eigenvalue weighted by Crippen LogP contribution is -2.38. The maximum atomic E-state index is 10.3. The lowest BCUT2D eigenvalue weighted by molar-refractivity contribution is 0.101. The van der Waals surface area contributed by atoms with Crippen LogP contribution in [-0.2, 0) is 0 Å². The highest BCUT2D eigenvalue weighted by molar-refractivity contribution is 6.30. The van der Waals surface area contributed by atoms with E-state index in [0.717, 1.165) is 36.7 Å². The summed E-state index contributed by atoms with van der Waals surface area (Å²) < 4.78 is 6.18. The molecule has 1 unspecified atom stereocenters. The molecular formula is C20H20ClN3O2. The van der Waals surface area contributed by atoms with Gasteiger partial charge in [-0.2, -0.15) is 0 Å². The largest absolute Gasteiger partial charge is 0.507 e. The number of phenols is 1. The second-order valence-corrected chi connectivity index (χ2v) is 7.14. The lowest BCUT2D eigenvalue weighted by atomic mass is 10.0. The van der Waals surface area contributed by atoms with Gasteiger partial charge in [0.1, 0.15) is 17.5 Å². The van der Waals surface area contributed by atoms with Gasteiger partial charge in [0.2, 0.25) is 5.88 Å². The fourth-order valence-electron chi connectivity index (χ4n) is 3.44. The highest BCUT2D eigenvalue weighted by Gasteiger charge is 2.21. The third kappa shape index (κ3) is 3.32.